The van der Waals surface area contributed by atoms with Gasteiger partial charge in [0.1, 0.15) is 11.4 Å². The minimum Gasteiger partial charge on any atom is -0.444 e. The van der Waals surface area contributed by atoms with E-state index in [1.807, 2.05) is 0 Å². The molecule has 1 saturated heterocycles. The lowest BCUT2D eigenvalue weighted by Gasteiger charge is -2.41. The molecule has 6 nitrogen and oxygen atoms in total. The minimum atomic E-state index is -1.51. The summed E-state index contributed by atoms with van der Waals surface area (Å²) in [6.07, 6.45) is -0.611. The monoisotopic (exact) mass is 452 g/mol. The van der Waals surface area contributed by atoms with E-state index in [4.69, 9.17) is 4.74 Å². The predicted molar refractivity (Wildman–Crippen MR) is 93.7 cm³/mol. The zero-order valence-corrected chi connectivity index (χ0v) is 16.6. The van der Waals surface area contributed by atoms with Crippen LogP contribution in [0.3, 0.4) is 0 Å². The lowest BCUT2D eigenvalue weighted by Crippen LogP contribution is -2.58. The van der Waals surface area contributed by atoms with Crippen LogP contribution < -0.4 is 0 Å². The highest BCUT2D eigenvalue weighted by molar-refractivity contribution is 9.10. The first-order chi connectivity index (χ1) is 12.5. The number of amides is 2. The zero-order valence-electron chi connectivity index (χ0n) is 15.1. The molecule has 0 aromatic heterocycles. The standard InChI is InChI=1S/C17H20BrF3N2O4/c1-17(2,3)27-16(26)22-4-5-23(9(7-22)8-24)15(25)10-6-11(19)12(18)14(21)13(10)20/h6,9,24H,4-5,7-8H2,1-3H3/t9-/m1/s1. The highest BCUT2D eigenvalue weighted by Crippen LogP contribution is 2.26. The summed E-state index contributed by atoms with van der Waals surface area (Å²) in [5, 5.41) is 9.59. The summed E-state index contributed by atoms with van der Waals surface area (Å²) in [6, 6.07) is -0.271. The van der Waals surface area contributed by atoms with Crippen molar-refractivity contribution in [1.82, 2.24) is 9.80 Å². The van der Waals surface area contributed by atoms with Crippen molar-refractivity contribution < 1.29 is 32.6 Å². The van der Waals surface area contributed by atoms with Gasteiger partial charge < -0.3 is 19.6 Å². The van der Waals surface area contributed by atoms with E-state index in [0.717, 1.165) is 4.90 Å². The van der Waals surface area contributed by atoms with E-state index in [1.165, 1.54) is 4.90 Å². The first-order valence-corrected chi connectivity index (χ1v) is 8.98. The Bertz CT molecular complexity index is 755. The molecular formula is C17H20BrF3N2O4. The van der Waals surface area contributed by atoms with Crippen LogP contribution in [0.1, 0.15) is 31.1 Å². The first kappa shape index (κ1) is 21.5. The van der Waals surface area contributed by atoms with E-state index in [-0.39, 0.29) is 19.6 Å². The molecule has 150 valence electrons. The van der Waals surface area contributed by atoms with Crippen LogP contribution in [0.4, 0.5) is 18.0 Å². The number of halogens is 4. The molecule has 0 bridgehead atoms. The van der Waals surface area contributed by atoms with Gasteiger partial charge in [0.05, 0.1) is 22.7 Å². The Morgan fingerprint density at radius 3 is 2.44 bits per heavy atom. The van der Waals surface area contributed by atoms with Gasteiger partial charge in [0, 0.05) is 19.6 Å². The Hall–Kier alpha value is -1.81. The number of aliphatic hydroxyl groups excluding tert-OH is 1. The molecule has 1 heterocycles. The summed E-state index contributed by atoms with van der Waals surface area (Å²) < 4.78 is 46.1. The Kier molecular flexibility index (Phi) is 6.41. The van der Waals surface area contributed by atoms with E-state index >= 15 is 0 Å². The average molecular weight is 453 g/mol. The molecule has 1 aromatic carbocycles. The molecule has 0 unspecified atom stereocenters. The molecule has 1 aliphatic heterocycles. The van der Waals surface area contributed by atoms with Crippen molar-refractivity contribution in [3.63, 3.8) is 0 Å². The van der Waals surface area contributed by atoms with Crippen molar-refractivity contribution in [1.29, 1.82) is 0 Å². The fourth-order valence-corrected chi connectivity index (χ4v) is 2.94. The number of hydrogen-bond donors (Lipinski definition) is 1. The van der Waals surface area contributed by atoms with Crippen LogP contribution >= 0.6 is 15.9 Å². The number of benzene rings is 1. The first-order valence-electron chi connectivity index (χ1n) is 8.19. The van der Waals surface area contributed by atoms with Gasteiger partial charge in [-0.2, -0.15) is 0 Å². The fourth-order valence-electron chi connectivity index (χ4n) is 2.65. The Morgan fingerprint density at radius 1 is 1.26 bits per heavy atom. The summed E-state index contributed by atoms with van der Waals surface area (Å²) >= 11 is 2.57. The Balaban J connectivity index is 2.21. The highest BCUT2D eigenvalue weighted by Gasteiger charge is 2.36. The van der Waals surface area contributed by atoms with Crippen LogP contribution in [0.15, 0.2) is 10.5 Å². The number of rotatable bonds is 2. The number of piperazine rings is 1. The smallest absolute Gasteiger partial charge is 0.410 e. The number of carbonyl (C=O) groups is 2. The summed E-state index contributed by atoms with van der Waals surface area (Å²) in [7, 11) is 0. The maximum atomic E-state index is 14.1. The molecule has 1 fully saturated rings. The molecule has 10 heteroatoms. The van der Waals surface area contributed by atoms with Gasteiger partial charge in [-0.3, -0.25) is 4.79 Å². The number of ether oxygens (including phenoxy) is 1. The van der Waals surface area contributed by atoms with E-state index in [9.17, 15) is 27.9 Å². The predicted octanol–water partition coefficient (Wildman–Crippen LogP) is 2.92. The van der Waals surface area contributed by atoms with Crippen LogP contribution in [0.2, 0.25) is 0 Å². The van der Waals surface area contributed by atoms with Crippen LogP contribution in [-0.2, 0) is 4.74 Å². The van der Waals surface area contributed by atoms with E-state index in [0.29, 0.717) is 6.07 Å². The van der Waals surface area contributed by atoms with Crippen LogP contribution in [0, 0.1) is 17.5 Å². The topological polar surface area (TPSA) is 70.1 Å². The van der Waals surface area contributed by atoms with Crippen molar-refractivity contribution in [2.75, 3.05) is 26.2 Å². The molecule has 2 amide bonds. The molecule has 0 saturated carbocycles. The van der Waals surface area contributed by atoms with Crippen molar-refractivity contribution >= 4 is 27.9 Å². The van der Waals surface area contributed by atoms with Gasteiger partial charge >= 0.3 is 6.09 Å². The fraction of sp³-hybridized carbons (Fsp3) is 0.529. The number of nitrogens with zero attached hydrogens (tertiary/aromatic N) is 2. The molecule has 1 atom stereocenters. The van der Waals surface area contributed by atoms with Gasteiger partial charge in [-0.05, 0) is 42.8 Å². The van der Waals surface area contributed by atoms with Gasteiger partial charge in [-0.1, -0.05) is 0 Å². The summed E-state index contributed by atoms with van der Waals surface area (Å²) in [4.78, 5) is 27.2. The number of aliphatic hydroxyl groups is 1. The largest absolute Gasteiger partial charge is 0.444 e. The number of carbonyl (C=O) groups excluding carboxylic acids is 2. The van der Waals surface area contributed by atoms with Crippen LogP contribution in [0.5, 0.6) is 0 Å². The highest BCUT2D eigenvalue weighted by atomic mass is 79.9. The molecule has 27 heavy (non-hydrogen) atoms. The lowest BCUT2D eigenvalue weighted by molar-refractivity contribution is -0.00257. The summed E-state index contributed by atoms with van der Waals surface area (Å²) in [5.74, 6) is -5.09. The van der Waals surface area contributed by atoms with E-state index < -0.39 is 57.7 Å². The van der Waals surface area contributed by atoms with Gasteiger partial charge in [0.2, 0.25) is 0 Å². The third kappa shape index (κ3) is 4.73. The number of hydrogen-bond acceptors (Lipinski definition) is 4. The molecule has 2 rings (SSSR count). The SMILES string of the molecule is CC(C)(C)OC(=O)N1CCN(C(=O)c2cc(F)c(Br)c(F)c2F)[C@@H](CO)C1. The summed E-state index contributed by atoms with van der Waals surface area (Å²) in [5.41, 5.74) is -1.49. The van der Waals surface area contributed by atoms with Gasteiger partial charge in [-0.25, -0.2) is 18.0 Å². The van der Waals surface area contributed by atoms with Crippen LogP contribution in [0.25, 0.3) is 0 Å². The van der Waals surface area contributed by atoms with Crippen molar-refractivity contribution in [2.45, 2.75) is 32.4 Å². The molecule has 0 aliphatic carbocycles. The molecule has 1 aromatic rings. The van der Waals surface area contributed by atoms with Gasteiger partial charge in [-0.15, -0.1) is 0 Å². The normalized spacial score (nSPS) is 17.9. The van der Waals surface area contributed by atoms with Gasteiger partial charge in [0.15, 0.2) is 11.6 Å². The summed E-state index contributed by atoms with van der Waals surface area (Å²) in [6.45, 7) is 4.55. The molecule has 0 spiro atoms. The molecular weight excluding hydrogens is 433 g/mol. The van der Waals surface area contributed by atoms with Gasteiger partial charge in [0.25, 0.3) is 5.91 Å². The second kappa shape index (κ2) is 8.05. The second-order valence-corrected chi connectivity index (χ2v) is 7.90. The zero-order chi connectivity index (χ0) is 20.5. The average Bonchev–Trinajstić information content (AvgIpc) is 2.60. The maximum absolute atomic E-state index is 14.1. The second-order valence-electron chi connectivity index (χ2n) is 7.11. The molecule has 0 radical (unpaired) electrons. The van der Waals surface area contributed by atoms with Crippen molar-refractivity contribution in [3.8, 4) is 0 Å². The minimum absolute atomic E-state index is 0.0535. The van der Waals surface area contributed by atoms with E-state index in [1.54, 1.807) is 20.8 Å². The van der Waals surface area contributed by atoms with Crippen molar-refractivity contribution in [2.24, 2.45) is 0 Å². The lowest BCUT2D eigenvalue weighted by atomic mass is 10.1. The third-order valence-corrected chi connectivity index (χ3v) is 4.67. The quantitative estimate of drug-likeness (QED) is 0.553. The Morgan fingerprint density at radius 2 is 1.89 bits per heavy atom. The van der Waals surface area contributed by atoms with Crippen LogP contribution in [-0.4, -0.2) is 64.8 Å². The maximum Gasteiger partial charge on any atom is 0.410 e. The third-order valence-electron chi connectivity index (χ3n) is 3.94. The Labute approximate surface area is 163 Å². The molecule has 1 aliphatic rings. The van der Waals surface area contributed by atoms with E-state index in [2.05, 4.69) is 15.9 Å². The molecule has 1 N–H and O–H groups in total. The van der Waals surface area contributed by atoms with Crippen molar-refractivity contribution in [3.05, 3.63) is 33.6 Å².